The molecular weight excluding hydrogens is 993 g/mol. The maximum absolute atomic E-state index is 17.0. The number of esters is 1. The van der Waals surface area contributed by atoms with Crippen molar-refractivity contribution in [2.75, 3.05) is 68.2 Å². The number of amides is 4. The molecule has 4 amide bonds. The summed E-state index contributed by atoms with van der Waals surface area (Å²) in [5, 5.41) is 16.0. The summed E-state index contributed by atoms with van der Waals surface area (Å²) in [7, 11) is 1.99. The number of aliphatic hydroxyl groups is 1. The standard InChI is InChI=1S/C65H62N6O8/c1-44(47-19-9-4-10-20-47)66-64(76)70-55-34-25-45(18-15-35-68(2)43-46-16-7-3-8-17-46)42-54(55)65(63(70)75)56(61(73)67-51-28-30-52(31-29-51)69-36-39-77-40-37-69)58-62(74)79-59(49-23-13-6-14-24-49)57(48-21-11-5-12-22-48)71(58)60(65)50-26-32-53(33-27-50)78-41-38-72/h3-14,16-17,19-34,42,44,56-60,72H,35-41,43H2,1-2H3,(H,66,76)(H,67,73)/t44-,56-,57-,58-,59+,60+,65-/m1/s1. The van der Waals surface area contributed by atoms with Gasteiger partial charge in [-0.3, -0.25) is 24.2 Å². The molecule has 11 rings (SSSR count). The van der Waals surface area contributed by atoms with E-state index in [4.69, 9.17) is 14.2 Å². The fourth-order valence-electron chi connectivity index (χ4n) is 12.0. The second-order valence-corrected chi connectivity index (χ2v) is 20.5. The number of fused-ring (bicyclic) bond motifs is 3. The van der Waals surface area contributed by atoms with Crippen molar-refractivity contribution in [3.8, 4) is 17.6 Å². The normalized spacial score (nSPS) is 21.8. The van der Waals surface area contributed by atoms with Crippen molar-refractivity contribution in [2.45, 2.75) is 49.2 Å². The smallest absolute Gasteiger partial charge is 0.329 e. The van der Waals surface area contributed by atoms with Crippen molar-refractivity contribution in [3.05, 3.63) is 227 Å². The van der Waals surface area contributed by atoms with Crippen LogP contribution in [0.5, 0.6) is 5.75 Å². The Morgan fingerprint density at radius 3 is 2.09 bits per heavy atom. The molecule has 7 aromatic carbocycles. The van der Waals surface area contributed by atoms with Gasteiger partial charge in [-0.05, 0) is 102 Å². The van der Waals surface area contributed by atoms with Crippen molar-refractivity contribution in [3.63, 3.8) is 0 Å². The zero-order valence-corrected chi connectivity index (χ0v) is 44.1. The van der Waals surface area contributed by atoms with E-state index in [1.165, 1.54) is 0 Å². The van der Waals surface area contributed by atoms with Gasteiger partial charge in [-0.15, -0.1) is 0 Å². The molecule has 3 fully saturated rings. The molecule has 400 valence electrons. The van der Waals surface area contributed by atoms with E-state index in [9.17, 15) is 5.11 Å². The van der Waals surface area contributed by atoms with Gasteiger partial charge < -0.3 is 34.9 Å². The molecule has 0 radical (unpaired) electrons. The van der Waals surface area contributed by atoms with Gasteiger partial charge >= 0.3 is 12.0 Å². The van der Waals surface area contributed by atoms with E-state index in [-0.39, 0.29) is 18.9 Å². The van der Waals surface area contributed by atoms with E-state index >= 15 is 19.2 Å². The second kappa shape index (κ2) is 23.2. The van der Waals surface area contributed by atoms with Crippen LogP contribution in [0.2, 0.25) is 0 Å². The van der Waals surface area contributed by atoms with Gasteiger partial charge in [0.1, 0.15) is 29.9 Å². The molecular formula is C65H62N6O8. The monoisotopic (exact) mass is 1050 g/mol. The van der Waals surface area contributed by atoms with Gasteiger partial charge in [-0.1, -0.05) is 145 Å². The summed E-state index contributed by atoms with van der Waals surface area (Å²) < 4.78 is 18.2. The third-order valence-electron chi connectivity index (χ3n) is 15.5. The largest absolute Gasteiger partial charge is 0.491 e. The molecule has 0 bridgehead atoms. The molecule has 4 aliphatic rings. The van der Waals surface area contributed by atoms with E-state index < -0.39 is 65.4 Å². The van der Waals surface area contributed by atoms with Crippen LogP contribution in [0, 0.1) is 17.8 Å². The van der Waals surface area contributed by atoms with Crippen LogP contribution in [0.4, 0.5) is 21.9 Å². The molecule has 0 aromatic heterocycles. The van der Waals surface area contributed by atoms with Gasteiger partial charge in [-0.25, -0.2) is 9.69 Å². The number of hydrogen-bond donors (Lipinski definition) is 3. The number of hydrogen-bond acceptors (Lipinski definition) is 11. The molecule has 4 heterocycles. The lowest BCUT2D eigenvalue weighted by atomic mass is 9.65. The van der Waals surface area contributed by atoms with Crippen molar-refractivity contribution in [1.82, 2.24) is 15.1 Å². The topological polar surface area (TPSA) is 153 Å². The third-order valence-corrected chi connectivity index (χ3v) is 15.5. The number of benzene rings is 7. The van der Waals surface area contributed by atoms with E-state index in [0.29, 0.717) is 73.1 Å². The molecule has 4 aliphatic heterocycles. The Morgan fingerprint density at radius 1 is 0.772 bits per heavy atom. The number of rotatable bonds is 14. The average Bonchev–Trinajstić information content (AvgIpc) is 2.19. The third kappa shape index (κ3) is 10.4. The Kier molecular flexibility index (Phi) is 15.4. The van der Waals surface area contributed by atoms with Crippen molar-refractivity contribution >= 4 is 40.9 Å². The van der Waals surface area contributed by atoms with Crippen molar-refractivity contribution in [1.29, 1.82) is 0 Å². The lowest BCUT2D eigenvalue weighted by Crippen LogP contribution is -2.55. The molecule has 0 unspecified atom stereocenters. The van der Waals surface area contributed by atoms with Crippen molar-refractivity contribution in [2.24, 2.45) is 5.92 Å². The molecule has 7 aromatic rings. The van der Waals surface area contributed by atoms with E-state index in [1.807, 2.05) is 171 Å². The molecule has 79 heavy (non-hydrogen) atoms. The minimum absolute atomic E-state index is 0.0421. The number of aliphatic hydroxyl groups excluding tert-OH is 1. The lowest BCUT2D eigenvalue weighted by molar-refractivity contribution is -0.177. The highest BCUT2D eigenvalue weighted by molar-refractivity contribution is 6.25. The minimum atomic E-state index is -2.03. The summed E-state index contributed by atoms with van der Waals surface area (Å²) in [6.45, 7) is 5.38. The Morgan fingerprint density at radius 2 is 1.42 bits per heavy atom. The van der Waals surface area contributed by atoms with E-state index in [0.717, 1.165) is 27.3 Å². The fourth-order valence-corrected chi connectivity index (χ4v) is 12.0. The summed E-state index contributed by atoms with van der Waals surface area (Å²) in [6, 6.07) is 54.2. The first-order chi connectivity index (χ1) is 38.6. The van der Waals surface area contributed by atoms with E-state index in [2.05, 4.69) is 44.4 Å². The highest BCUT2D eigenvalue weighted by Crippen LogP contribution is 2.66. The van der Waals surface area contributed by atoms with Crippen LogP contribution in [0.25, 0.3) is 0 Å². The van der Waals surface area contributed by atoms with Gasteiger partial charge in [0.05, 0.1) is 56.1 Å². The molecule has 3 saturated heterocycles. The van der Waals surface area contributed by atoms with Crippen LogP contribution in [-0.4, -0.2) is 97.9 Å². The number of carbonyl (C=O) groups is 4. The maximum Gasteiger partial charge on any atom is 0.329 e. The Hall–Kier alpha value is -8.58. The number of imide groups is 1. The SMILES string of the molecule is C[C@@H](NC(=O)N1C(=O)[C@@]2(c3cc(C#CCN(C)Cc4ccccc4)ccc31)[C@H](c1ccc(OCCO)cc1)N1[C@H](c3ccccc3)[C@H](c3ccccc3)OC(=O)[C@H]1[C@@H]2C(=O)Nc1ccc(N2CCOCC2)cc1)c1ccccc1. The molecule has 3 N–H and O–H groups in total. The summed E-state index contributed by atoms with van der Waals surface area (Å²) in [6.07, 6.45) is -0.916. The van der Waals surface area contributed by atoms with Crippen LogP contribution in [0.3, 0.4) is 0 Å². The number of nitrogens with one attached hydrogen (secondary N) is 2. The molecule has 7 atom stereocenters. The van der Waals surface area contributed by atoms with Gasteiger partial charge in [0.2, 0.25) is 11.8 Å². The molecule has 0 saturated carbocycles. The minimum Gasteiger partial charge on any atom is -0.491 e. The quantitative estimate of drug-likeness (QED) is 0.0706. The Balaban J connectivity index is 1.13. The fraction of sp³-hybridized carbons (Fsp3) is 0.262. The highest BCUT2D eigenvalue weighted by Gasteiger charge is 2.75. The molecule has 0 aliphatic carbocycles. The van der Waals surface area contributed by atoms with Gasteiger partial charge in [0.25, 0.3) is 0 Å². The van der Waals surface area contributed by atoms with Gasteiger partial charge in [0.15, 0.2) is 0 Å². The zero-order chi connectivity index (χ0) is 54.5. The number of ether oxygens (including phenoxy) is 3. The summed E-state index contributed by atoms with van der Waals surface area (Å²) >= 11 is 0. The van der Waals surface area contributed by atoms with Crippen LogP contribution in [0.1, 0.15) is 70.1 Å². The first kappa shape index (κ1) is 52.5. The number of anilines is 3. The van der Waals surface area contributed by atoms with Crippen LogP contribution in [0.15, 0.2) is 188 Å². The average molecular weight is 1060 g/mol. The predicted octanol–water partition coefficient (Wildman–Crippen LogP) is 9.15. The highest BCUT2D eigenvalue weighted by atomic mass is 16.6. The summed E-state index contributed by atoms with van der Waals surface area (Å²) in [5.41, 5.74) is 4.51. The van der Waals surface area contributed by atoms with Crippen LogP contribution < -0.4 is 25.2 Å². The molecule has 1 spiro atoms. The zero-order valence-electron chi connectivity index (χ0n) is 44.1. The number of carbonyl (C=O) groups excluding carboxylic acids is 4. The van der Waals surface area contributed by atoms with Crippen molar-refractivity contribution < 1.29 is 38.5 Å². The predicted molar refractivity (Wildman–Crippen MR) is 302 cm³/mol. The maximum atomic E-state index is 17.0. The second-order valence-electron chi connectivity index (χ2n) is 20.5. The number of cyclic esters (lactones) is 1. The molecule has 14 nitrogen and oxygen atoms in total. The van der Waals surface area contributed by atoms with Crippen LogP contribution >= 0.6 is 0 Å². The number of morpholine rings is 2. The van der Waals surface area contributed by atoms with Crippen LogP contribution in [-0.2, 0) is 35.8 Å². The summed E-state index contributed by atoms with van der Waals surface area (Å²) in [4.78, 5) is 71.8. The Labute approximate surface area is 460 Å². The first-order valence-corrected chi connectivity index (χ1v) is 26.8. The van der Waals surface area contributed by atoms with E-state index in [1.54, 1.807) is 24.3 Å². The van der Waals surface area contributed by atoms with Gasteiger partial charge in [0, 0.05) is 36.6 Å². The Bertz CT molecular complexity index is 3350. The first-order valence-electron chi connectivity index (χ1n) is 26.8. The lowest BCUT2D eigenvalue weighted by Gasteiger charge is -2.46. The summed E-state index contributed by atoms with van der Waals surface area (Å²) in [5.74, 6) is 3.60. The number of urea groups is 1. The molecule has 14 heteroatoms. The number of nitrogens with zero attached hydrogens (tertiary/aromatic N) is 4. The van der Waals surface area contributed by atoms with Gasteiger partial charge in [-0.2, -0.15) is 0 Å².